The molecule has 0 saturated heterocycles. The summed E-state index contributed by atoms with van der Waals surface area (Å²) in [5.74, 6) is 5.29. The summed E-state index contributed by atoms with van der Waals surface area (Å²) >= 11 is 0. The molecule has 0 bridgehead atoms. The molecule has 0 aliphatic carbocycles. The van der Waals surface area contributed by atoms with Crippen LogP contribution in [0, 0.1) is 18.1 Å². The van der Waals surface area contributed by atoms with Gasteiger partial charge in [0.25, 0.3) is 0 Å². The van der Waals surface area contributed by atoms with Gasteiger partial charge in [-0.25, -0.2) is 15.5 Å². The number of hydrogen-bond acceptors (Lipinski definition) is 2. The van der Waals surface area contributed by atoms with Crippen LogP contribution in [0.3, 0.4) is 0 Å². The molecule has 0 spiro atoms. The number of aromatic nitrogens is 2. The Morgan fingerprint density at radius 1 is 0.672 bits per heavy atom. The molecule has 0 amide bonds. The third-order valence-corrected chi connectivity index (χ3v) is 10.8. The van der Waals surface area contributed by atoms with E-state index in [-0.39, 0.29) is 54.4 Å². The van der Waals surface area contributed by atoms with Crippen molar-refractivity contribution < 1.29 is 44.1 Å². The molecule has 1 aliphatic heterocycles. The zero-order valence-corrected chi connectivity index (χ0v) is 36.0. The molecule has 298 valence electrons. The van der Waals surface area contributed by atoms with Gasteiger partial charge in [0.2, 0.25) is 5.69 Å². The molecule has 0 fully saturated rings. The van der Waals surface area contributed by atoms with Crippen molar-refractivity contribution in [1.82, 2.24) is 9.55 Å². The summed E-state index contributed by atoms with van der Waals surface area (Å²) in [6.45, 7) is 7.78. The molecule has 61 heavy (non-hydrogen) atoms. The second kappa shape index (κ2) is 16.5. The number of hydrogen-bond donors (Lipinski definition) is 0. The molecule has 7 aromatic carbocycles. The second-order valence-corrected chi connectivity index (χ2v) is 15.6. The minimum atomic E-state index is -0.616. The van der Waals surface area contributed by atoms with Gasteiger partial charge < -0.3 is 9.30 Å². The van der Waals surface area contributed by atoms with Crippen LogP contribution in [-0.2, 0) is 26.5 Å². The fourth-order valence-electron chi connectivity index (χ4n) is 7.96. The number of pyridine rings is 1. The van der Waals surface area contributed by atoms with Crippen LogP contribution in [0.1, 0.15) is 52.5 Å². The molecule has 6 heteroatoms. The van der Waals surface area contributed by atoms with Gasteiger partial charge in [-0.3, -0.25) is 0 Å². The Morgan fingerprint density at radius 2 is 1.33 bits per heavy atom. The van der Waals surface area contributed by atoms with Gasteiger partial charge in [0.05, 0.1) is 30.4 Å². The summed E-state index contributed by atoms with van der Waals surface area (Å²) in [6, 6.07) is 37.9. The van der Waals surface area contributed by atoms with Crippen molar-refractivity contribution in [3.8, 4) is 39.6 Å². The van der Waals surface area contributed by atoms with Crippen LogP contribution in [0.4, 0.5) is 5.69 Å². The Labute approximate surface area is 386 Å². The van der Waals surface area contributed by atoms with Gasteiger partial charge in [-0.1, -0.05) is 129 Å². The first-order valence-electron chi connectivity index (χ1n) is 24.7. The SMILES string of the molecule is [2H]c1c([2H])c([2H])c(-c2cccc(-c3c([2H])c([2H])c([2H])c([2H])c3[2H])c2[N+]2=C(C)B(c3[c-]c(Oc4[c-]c5c(cc4)c4ccccc4n5-c4cc(C(C)(C)C)ccn4)ccc3)[C-]=C2c2ccccc2)c([2H])c1[2H].[Pt]. The topological polar surface area (TPSA) is 30.1 Å². The van der Waals surface area contributed by atoms with Crippen molar-refractivity contribution in [2.45, 2.75) is 33.1 Å². The molecule has 0 atom stereocenters. The monoisotopic (exact) mass is 976 g/mol. The zero-order valence-electron chi connectivity index (χ0n) is 43.7. The number of fused-ring (bicyclic) bond motifs is 3. The van der Waals surface area contributed by atoms with E-state index < -0.39 is 67.1 Å². The van der Waals surface area contributed by atoms with E-state index in [1.54, 1.807) is 24.3 Å². The standard InChI is InChI=1S/C55H42BN3O.Pt/c1-38-56(37-52(41-22-12-7-13-23-41)58(38)54-46(39-18-8-5-9-19-39)27-17-28-47(54)40-20-10-6-11-21-40)43-24-16-25-44(35-43)60-45-30-31-49-48-26-14-15-29-50(48)59(51(49)36-45)53-34-42(32-33-57-53)55(2,3)4;/h5-34H,1-4H3;/q-2;/i5D,6D,8D,9D,10D,11D,18D,19D,20D,21D;. The predicted octanol–water partition coefficient (Wildman–Crippen LogP) is 12.6. The summed E-state index contributed by atoms with van der Waals surface area (Å²) < 4.78 is 98.3. The second-order valence-electron chi connectivity index (χ2n) is 15.6. The minimum Gasteiger partial charge on any atom is -0.509 e. The van der Waals surface area contributed by atoms with Crippen molar-refractivity contribution in [2.75, 3.05) is 0 Å². The van der Waals surface area contributed by atoms with Crippen LogP contribution in [-0.4, -0.2) is 26.5 Å². The number of benzene rings is 7. The van der Waals surface area contributed by atoms with E-state index in [9.17, 15) is 0 Å². The number of nitrogens with zero attached hydrogens (tertiary/aromatic N) is 3. The molecule has 0 saturated carbocycles. The van der Waals surface area contributed by atoms with Crippen molar-refractivity contribution >= 4 is 51.0 Å². The molecule has 3 heterocycles. The predicted molar refractivity (Wildman–Crippen MR) is 248 cm³/mol. The number of ether oxygens (including phenoxy) is 1. The molecular formula is C55H42BN3OPt-2. The molecule has 1 aliphatic rings. The summed E-state index contributed by atoms with van der Waals surface area (Å²) in [4.78, 5) is 4.81. The molecule has 0 unspecified atom stereocenters. The molecule has 0 N–H and O–H groups in total. The van der Waals surface area contributed by atoms with Crippen molar-refractivity contribution in [2.24, 2.45) is 0 Å². The summed E-state index contributed by atoms with van der Waals surface area (Å²) in [5, 5.41) is 2.04. The van der Waals surface area contributed by atoms with Crippen LogP contribution in [0.15, 0.2) is 182 Å². The number of para-hydroxylation sites is 2. The average molecular weight is 977 g/mol. The van der Waals surface area contributed by atoms with E-state index in [2.05, 4.69) is 61.6 Å². The number of rotatable bonds is 8. The molecule has 0 radical (unpaired) electrons. The Morgan fingerprint density at radius 3 is 2.03 bits per heavy atom. The van der Waals surface area contributed by atoms with Gasteiger partial charge in [0.15, 0.2) is 6.71 Å². The Balaban J connectivity index is 0.00000624. The Hall–Kier alpha value is -6.55. The van der Waals surface area contributed by atoms with Gasteiger partial charge in [-0.15, -0.1) is 47.3 Å². The maximum atomic E-state index is 9.10. The molecular weight excluding hydrogens is 925 g/mol. The molecule has 4 nitrogen and oxygen atoms in total. The van der Waals surface area contributed by atoms with Crippen LogP contribution in [0.5, 0.6) is 11.5 Å². The van der Waals surface area contributed by atoms with Crippen molar-refractivity contribution in [1.29, 1.82) is 0 Å². The molecule has 10 rings (SSSR count). The van der Waals surface area contributed by atoms with Gasteiger partial charge in [-0.05, 0) is 57.8 Å². The van der Waals surface area contributed by atoms with Gasteiger partial charge >= 0.3 is 0 Å². The van der Waals surface area contributed by atoms with E-state index in [0.717, 1.165) is 33.2 Å². The molecule has 9 aromatic rings. The van der Waals surface area contributed by atoms with E-state index in [1.807, 2.05) is 90.5 Å². The van der Waals surface area contributed by atoms with E-state index in [4.69, 9.17) is 23.4 Å². The zero-order chi connectivity index (χ0) is 49.5. The Bertz CT molecular complexity index is 3570. The largest absolute Gasteiger partial charge is 0.509 e. The minimum absolute atomic E-state index is 0. The first-order valence-corrected chi connectivity index (χ1v) is 19.7. The van der Waals surface area contributed by atoms with E-state index >= 15 is 0 Å². The van der Waals surface area contributed by atoms with Crippen LogP contribution < -0.4 is 10.2 Å². The van der Waals surface area contributed by atoms with Gasteiger partial charge in [0, 0.05) is 56.9 Å². The van der Waals surface area contributed by atoms with E-state index in [1.165, 1.54) is 0 Å². The Kier molecular flexibility index (Phi) is 8.01. The van der Waals surface area contributed by atoms with Crippen molar-refractivity contribution in [3.05, 3.63) is 211 Å². The first kappa shape index (κ1) is 29.6. The van der Waals surface area contributed by atoms with Crippen LogP contribution >= 0.6 is 0 Å². The molecule has 2 aromatic heterocycles. The first-order chi connectivity index (χ1) is 33.5. The summed E-state index contributed by atoms with van der Waals surface area (Å²) in [6.07, 6.45) is 1.83. The van der Waals surface area contributed by atoms with Gasteiger partial charge in [0.1, 0.15) is 5.82 Å². The fourth-order valence-corrected chi connectivity index (χ4v) is 7.96. The fraction of sp³-hybridized carbons (Fsp3) is 0.0909. The third-order valence-electron chi connectivity index (χ3n) is 10.8. The smallest absolute Gasteiger partial charge is 0.223 e. The maximum absolute atomic E-state index is 9.10. The van der Waals surface area contributed by atoms with E-state index in [0.29, 0.717) is 33.8 Å². The normalized spacial score (nSPS) is 15.1. The summed E-state index contributed by atoms with van der Waals surface area (Å²) in [5.41, 5.74) is 5.71. The van der Waals surface area contributed by atoms with Crippen molar-refractivity contribution in [3.63, 3.8) is 0 Å². The van der Waals surface area contributed by atoms with Gasteiger partial charge in [-0.2, -0.15) is 23.7 Å². The summed E-state index contributed by atoms with van der Waals surface area (Å²) in [7, 11) is 0. The third kappa shape index (κ3) is 7.49. The van der Waals surface area contributed by atoms with Crippen LogP contribution in [0.2, 0.25) is 0 Å². The maximum Gasteiger partial charge on any atom is 0.223 e. The van der Waals surface area contributed by atoms with Crippen LogP contribution in [0.25, 0.3) is 55.6 Å². The average Bonchev–Trinajstić information content (AvgIpc) is 3.88. The quantitative estimate of drug-likeness (QED) is 0.0863.